The molecule has 1 atom stereocenters. The standard InChI is InChI=1S/C21H28N2O5/c1-15(24)22-16-5-7-18(8-6-16)28-14-17(25)13-23-19(26)11-21(12-20(23)27)9-3-2-4-10-21/h5-8,17,25H,2-4,9-14H2,1H3,(H,22,24). The van der Waals surface area contributed by atoms with Gasteiger partial charge in [0.05, 0.1) is 6.54 Å². The van der Waals surface area contributed by atoms with Crippen molar-refractivity contribution in [2.75, 3.05) is 18.5 Å². The molecule has 152 valence electrons. The zero-order valence-corrected chi connectivity index (χ0v) is 16.3. The topological polar surface area (TPSA) is 95.9 Å². The van der Waals surface area contributed by atoms with Crippen LogP contribution in [0.2, 0.25) is 0 Å². The molecule has 1 saturated carbocycles. The third kappa shape index (κ3) is 5.10. The van der Waals surface area contributed by atoms with E-state index in [2.05, 4.69) is 5.32 Å². The molecule has 1 aromatic rings. The second kappa shape index (κ2) is 8.73. The summed E-state index contributed by atoms with van der Waals surface area (Å²) in [6, 6.07) is 6.76. The first kappa shape index (κ1) is 20.3. The predicted octanol–water partition coefficient (Wildman–Crippen LogP) is 2.48. The van der Waals surface area contributed by atoms with Gasteiger partial charge in [0.15, 0.2) is 0 Å². The van der Waals surface area contributed by atoms with Gasteiger partial charge in [0, 0.05) is 25.5 Å². The van der Waals surface area contributed by atoms with Crippen LogP contribution in [0.4, 0.5) is 5.69 Å². The van der Waals surface area contributed by atoms with Crippen molar-refractivity contribution in [3.8, 4) is 5.75 Å². The fourth-order valence-corrected chi connectivity index (χ4v) is 4.19. The van der Waals surface area contributed by atoms with Crippen LogP contribution in [0.3, 0.4) is 0 Å². The molecule has 0 radical (unpaired) electrons. The Hall–Kier alpha value is -2.41. The number of aliphatic hydroxyl groups is 1. The molecule has 1 aromatic carbocycles. The Balaban J connectivity index is 1.49. The van der Waals surface area contributed by atoms with Crippen molar-refractivity contribution < 1.29 is 24.2 Å². The molecule has 28 heavy (non-hydrogen) atoms. The second-order valence-electron chi connectivity index (χ2n) is 7.98. The average molecular weight is 388 g/mol. The minimum atomic E-state index is -0.955. The van der Waals surface area contributed by atoms with E-state index in [0.29, 0.717) is 24.3 Å². The van der Waals surface area contributed by atoms with Crippen molar-refractivity contribution in [2.45, 2.75) is 58.0 Å². The molecule has 3 rings (SSSR count). The Morgan fingerprint density at radius 1 is 1.14 bits per heavy atom. The van der Waals surface area contributed by atoms with Gasteiger partial charge in [-0.3, -0.25) is 19.3 Å². The van der Waals surface area contributed by atoms with Gasteiger partial charge in [-0.2, -0.15) is 0 Å². The Morgan fingerprint density at radius 3 is 2.32 bits per heavy atom. The number of amides is 3. The van der Waals surface area contributed by atoms with Gasteiger partial charge >= 0.3 is 0 Å². The summed E-state index contributed by atoms with van der Waals surface area (Å²) in [7, 11) is 0. The monoisotopic (exact) mass is 388 g/mol. The molecule has 1 spiro atoms. The number of imide groups is 1. The van der Waals surface area contributed by atoms with Crippen molar-refractivity contribution in [1.29, 1.82) is 0 Å². The van der Waals surface area contributed by atoms with Crippen molar-refractivity contribution in [3.63, 3.8) is 0 Å². The number of benzene rings is 1. The van der Waals surface area contributed by atoms with Gasteiger partial charge in [0.1, 0.15) is 18.5 Å². The Bertz CT molecular complexity index is 705. The van der Waals surface area contributed by atoms with Gasteiger partial charge in [-0.05, 0) is 42.5 Å². The Labute approximate surface area is 165 Å². The van der Waals surface area contributed by atoms with E-state index < -0.39 is 6.10 Å². The summed E-state index contributed by atoms with van der Waals surface area (Å²) in [5.41, 5.74) is 0.501. The third-order valence-corrected chi connectivity index (χ3v) is 5.58. The van der Waals surface area contributed by atoms with E-state index in [0.717, 1.165) is 25.7 Å². The fraction of sp³-hybridized carbons (Fsp3) is 0.571. The molecular formula is C21H28N2O5. The number of aliphatic hydroxyl groups excluding tert-OH is 1. The third-order valence-electron chi connectivity index (χ3n) is 5.58. The summed E-state index contributed by atoms with van der Waals surface area (Å²) in [6.07, 6.45) is 5.07. The number of anilines is 1. The van der Waals surface area contributed by atoms with Gasteiger partial charge in [0.2, 0.25) is 17.7 Å². The maximum atomic E-state index is 12.5. The highest BCUT2D eigenvalue weighted by atomic mass is 16.5. The lowest BCUT2D eigenvalue weighted by atomic mass is 9.67. The van der Waals surface area contributed by atoms with Crippen LogP contribution in [-0.4, -0.2) is 47.0 Å². The minimum absolute atomic E-state index is 0.0261. The van der Waals surface area contributed by atoms with Crippen LogP contribution in [0.25, 0.3) is 0 Å². The first-order valence-electron chi connectivity index (χ1n) is 9.89. The highest BCUT2D eigenvalue weighted by Crippen LogP contribution is 2.45. The van der Waals surface area contributed by atoms with Crippen LogP contribution in [0, 0.1) is 5.41 Å². The lowest BCUT2D eigenvalue weighted by molar-refractivity contribution is -0.156. The van der Waals surface area contributed by atoms with Crippen LogP contribution < -0.4 is 10.1 Å². The highest BCUT2D eigenvalue weighted by molar-refractivity contribution is 5.98. The Morgan fingerprint density at radius 2 is 1.75 bits per heavy atom. The minimum Gasteiger partial charge on any atom is -0.491 e. The predicted molar refractivity (Wildman–Crippen MR) is 104 cm³/mol. The molecule has 7 nitrogen and oxygen atoms in total. The molecule has 1 heterocycles. The number of piperidine rings is 1. The van der Waals surface area contributed by atoms with E-state index in [1.807, 2.05) is 0 Å². The Kier molecular flexibility index (Phi) is 6.34. The van der Waals surface area contributed by atoms with Gasteiger partial charge in [-0.1, -0.05) is 19.3 Å². The van der Waals surface area contributed by atoms with Crippen molar-refractivity contribution >= 4 is 23.4 Å². The SMILES string of the molecule is CC(=O)Nc1ccc(OCC(O)CN2C(=O)CC3(CCCCC3)CC2=O)cc1. The van der Waals surface area contributed by atoms with Crippen LogP contribution in [-0.2, 0) is 14.4 Å². The second-order valence-corrected chi connectivity index (χ2v) is 7.98. The molecule has 2 N–H and O–H groups in total. The summed E-state index contributed by atoms with van der Waals surface area (Å²) >= 11 is 0. The molecule has 1 unspecified atom stereocenters. The number of ether oxygens (including phenoxy) is 1. The van der Waals surface area contributed by atoms with Gasteiger partial charge in [-0.25, -0.2) is 0 Å². The molecular weight excluding hydrogens is 360 g/mol. The summed E-state index contributed by atoms with van der Waals surface area (Å²) in [4.78, 5) is 37.3. The quantitative estimate of drug-likeness (QED) is 0.730. The van der Waals surface area contributed by atoms with Gasteiger partial charge in [-0.15, -0.1) is 0 Å². The number of hydrogen-bond donors (Lipinski definition) is 2. The van der Waals surface area contributed by atoms with Gasteiger partial charge in [0.25, 0.3) is 0 Å². The summed E-state index contributed by atoms with van der Waals surface area (Å²) in [5.74, 6) is 0.00860. The number of carbonyl (C=O) groups excluding carboxylic acids is 3. The van der Waals surface area contributed by atoms with E-state index in [1.54, 1.807) is 24.3 Å². The van der Waals surface area contributed by atoms with E-state index >= 15 is 0 Å². The number of nitrogens with one attached hydrogen (secondary N) is 1. The summed E-state index contributed by atoms with van der Waals surface area (Å²) in [6.45, 7) is 1.36. The maximum Gasteiger partial charge on any atom is 0.229 e. The summed E-state index contributed by atoms with van der Waals surface area (Å²) in [5, 5.41) is 12.9. The van der Waals surface area contributed by atoms with Gasteiger partial charge < -0.3 is 15.2 Å². The lowest BCUT2D eigenvalue weighted by Crippen LogP contribution is -2.51. The zero-order chi connectivity index (χ0) is 20.1. The van der Waals surface area contributed by atoms with E-state index in [9.17, 15) is 19.5 Å². The van der Waals surface area contributed by atoms with E-state index in [4.69, 9.17) is 4.74 Å². The van der Waals surface area contributed by atoms with E-state index in [1.165, 1.54) is 18.2 Å². The van der Waals surface area contributed by atoms with Crippen LogP contribution in [0.1, 0.15) is 51.9 Å². The van der Waals surface area contributed by atoms with Crippen molar-refractivity contribution in [1.82, 2.24) is 4.90 Å². The van der Waals surface area contributed by atoms with Crippen molar-refractivity contribution in [3.05, 3.63) is 24.3 Å². The molecule has 1 aliphatic carbocycles. The van der Waals surface area contributed by atoms with E-state index in [-0.39, 0.29) is 36.3 Å². The van der Waals surface area contributed by atoms with Crippen LogP contribution in [0.15, 0.2) is 24.3 Å². The summed E-state index contributed by atoms with van der Waals surface area (Å²) < 4.78 is 5.54. The first-order chi connectivity index (χ1) is 13.4. The first-order valence-corrected chi connectivity index (χ1v) is 9.89. The molecule has 1 aliphatic heterocycles. The molecule has 0 bridgehead atoms. The molecule has 2 aliphatic rings. The largest absolute Gasteiger partial charge is 0.491 e. The normalized spacial score (nSPS) is 20.1. The molecule has 7 heteroatoms. The maximum absolute atomic E-state index is 12.5. The lowest BCUT2D eigenvalue weighted by Gasteiger charge is -2.42. The molecule has 1 saturated heterocycles. The zero-order valence-electron chi connectivity index (χ0n) is 16.3. The smallest absolute Gasteiger partial charge is 0.229 e. The van der Waals surface area contributed by atoms with Crippen LogP contribution in [0.5, 0.6) is 5.75 Å². The van der Waals surface area contributed by atoms with Crippen LogP contribution >= 0.6 is 0 Å². The number of rotatable bonds is 6. The number of β-amino-alcohol motifs (C(OH)–C–C–N with tert-alkyl or cyclic N) is 1. The van der Waals surface area contributed by atoms with Crippen molar-refractivity contribution in [2.24, 2.45) is 5.41 Å². The number of likely N-dealkylation sites (tertiary alicyclic amines) is 1. The molecule has 3 amide bonds. The fourth-order valence-electron chi connectivity index (χ4n) is 4.19. The molecule has 2 fully saturated rings. The molecule has 0 aromatic heterocycles. The highest BCUT2D eigenvalue weighted by Gasteiger charge is 2.44. The number of hydrogen-bond acceptors (Lipinski definition) is 5. The number of carbonyl (C=O) groups is 3. The number of nitrogens with zero attached hydrogens (tertiary/aromatic N) is 1. The average Bonchev–Trinajstić information content (AvgIpc) is 2.64.